The molecular formula is C16H25N3. The highest BCUT2D eigenvalue weighted by Crippen LogP contribution is 2.28. The Labute approximate surface area is 116 Å². The molecule has 1 aliphatic carbocycles. The molecule has 0 bridgehead atoms. The van der Waals surface area contributed by atoms with Crippen LogP contribution in [0.2, 0.25) is 0 Å². The smallest absolute Gasteiger partial charge is 0.0605 e. The highest BCUT2D eigenvalue weighted by atomic mass is 15.1. The summed E-state index contributed by atoms with van der Waals surface area (Å²) >= 11 is 0. The number of fused-ring (bicyclic) bond motifs is 1. The second kappa shape index (κ2) is 6.49. The predicted molar refractivity (Wildman–Crippen MR) is 78.2 cm³/mol. The van der Waals surface area contributed by atoms with Crippen LogP contribution in [0.5, 0.6) is 0 Å². The molecule has 3 rings (SSSR count). The Hall–Kier alpha value is -0.930. The van der Waals surface area contributed by atoms with Gasteiger partial charge in [-0.05, 0) is 69.9 Å². The number of nitrogens with one attached hydrogen (secondary N) is 1. The summed E-state index contributed by atoms with van der Waals surface area (Å²) in [6, 6.07) is 4.77. The summed E-state index contributed by atoms with van der Waals surface area (Å²) in [4.78, 5) is 7.15. The maximum absolute atomic E-state index is 4.54. The molecule has 1 aromatic heterocycles. The first-order chi connectivity index (χ1) is 9.43. The third-order valence-corrected chi connectivity index (χ3v) is 4.45. The van der Waals surface area contributed by atoms with Crippen molar-refractivity contribution >= 4 is 0 Å². The second-order valence-corrected chi connectivity index (χ2v) is 5.85. The fraction of sp³-hybridized carbons (Fsp3) is 0.688. The quantitative estimate of drug-likeness (QED) is 0.824. The topological polar surface area (TPSA) is 28.2 Å². The SMILES string of the molecule is c1cnc2c(c1)CCC2NCCCN1CCCCC1. The molecule has 104 valence electrons. The number of aromatic nitrogens is 1. The van der Waals surface area contributed by atoms with Gasteiger partial charge in [0, 0.05) is 6.20 Å². The van der Waals surface area contributed by atoms with Crippen molar-refractivity contribution in [3.05, 3.63) is 29.6 Å². The van der Waals surface area contributed by atoms with Crippen molar-refractivity contribution in [2.75, 3.05) is 26.2 Å². The minimum atomic E-state index is 0.498. The monoisotopic (exact) mass is 259 g/mol. The molecule has 19 heavy (non-hydrogen) atoms. The van der Waals surface area contributed by atoms with Crippen molar-refractivity contribution in [3.8, 4) is 0 Å². The molecule has 1 atom stereocenters. The summed E-state index contributed by atoms with van der Waals surface area (Å²) < 4.78 is 0. The Bertz CT molecular complexity index is 399. The van der Waals surface area contributed by atoms with Gasteiger partial charge in [0.25, 0.3) is 0 Å². The second-order valence-electron chi connectivity index (χ2n) is 5.85. The summed E-state index contributed by atoms with van der Waals surface area (Å²) in [7, 11) is 0. The van der Waals surface area contributed by atoms with Gasteiger partial charge < -0.3 is 10.2 Å². The van der Waals surface area contributed by atoms with E-state index in [-0.39, 0.29) is 0 Å². The molecule has 0 aromatic carbocycles. The molecule has 1 aromatic rings. The lowest BCUT2D eigenvalue weighted by atomic mass is 10.1. The average Bonchev–Trinajstić information content (AvgIpc) is 2.88. The molecule has 0 amide bonds. The van der Waals surface area contributed by atoms with Crippen LogP contribution in [-0.4, -0.2) is 36.1 Å². The van der Waals surface area contributed by atoms with Crippen LogP contribution in [0.25, 0.3) is 0 Å². The van der Waals surface area contributed by atoms with Crippen LogP contribution in [0.1, 0.15) is 49.4 Å². The standard InChI is InChI=1S/C16H25N3/c1-2-11-19(12-3-1)13-5-10-17-15-8-7-14-6-4-9-18-16(14)15/h4,6,9,15,17H,1-3,5,7-8,10-13H2. The van der Waals surface area contributed by atoms with Gasteiger partial charge >= 0.3 is 0 Å². The van der Waals surface area contributed by atoms with E-state index in [0.717, 1.165) is 6.54 Å². The fourth-order valence-electron chi connectivity index (χ4n) is 3.37. The molecular weight excluding hydrogens is 234 g/mol. The minimum Gasteiger partial charge on any atom is -0.309 e. The van der Waals surface area contributed by atoms with E-state index < -0.39 is 0 Å². The average molecular weight is 259 g/mol. The molecule has 1 fully saturated rings. The summed E-state index contributed by atoms with van der Waals surface area (Å²) in [5.74, 6) is 0. The zero-order chi connectivity index (χ0) is 12.9. The first kappa shape index (κ1) is 13.1. The number of aryl methyl sites for hydroxylation is 1. The van der Waals surface area contributed by atoms with E-state index in [2.05, 4.69) is 27.3 Å². The molecule has 0 spiro atoms. The van der Waals surface area contributed by atoms with Crippen LogP contribution in [-0.2, 0) is 6.42 Å². The number of piperidine rings is 1. The number of hydrogen-bond donors (Lipinski definition) is 1. The van der Waals surface area contributed by atoms with Crippen molar-refractivity contribution in [1.29, 1.82) is 0 Å². The number of nitrogens with zero attached hydrogens (tertiary/aromatic N) is 2. The number of likely N-dealkylation sites (tertiary alicyclic amines) is 1. The Morgan fingerprint density at radius 1 is 1.26 bits per heavy atom. The van der Waals surface area contributed by atoms with Gasteiger partial charge in [0.15, 0.2) is 0 Å². The summed E-state index contributed by atoms with van der Waals surface area (Å²) in [5.41, 5.74) is 2.73. The van der Waals surface area contributed by atoms with Crippen molar-refractivity contribution in [2.24, 2.45) is 0 Å². The summed E-state index contributed by atoms with van der Waals surface area (Å²) in [5, 5.41) is 3.69. The van der Waals surface area contributed by atoms with Gasteiger partial charge in [-0.2, -0.15) is 0 Å². The van der Waals surface area contributed by atoms with Crippen molar-refractivity contribution in [3.63, 3.8) is 0 Å². The fourth-order valence-corrected chi connectivity index (χ4v) is 3.37. The van der Waals surface area contributed by atoms with E-state index in [1.165, 1.54) is 69.4 Å². The number of hydrogen-bond acceptors (Lipinski definition) is 3. The maximum atomic E-state index is 4.54. The lowest BCUT2D eigenvalue weighted by molar-refractivity contribution is 0.224. The van der Waals surface area contributed by atoms with E-state index in [4.69, 9.17) is 0 Å². The molecule has 2 heterocycles. The van der Waals surface area contributed by atoms with Gasteiger partial charge in [-0.1, -0.05) is 12.5 Å². The van der Waals surface area contributed by atoms with Gasteiger partial charge in [-0.15, -0.1) is 0 Å². The first-order valence-electron chi connectivity index (χ1n) is 7.83. The summed E-state index contributed by atoms with van der Waals surface area (Å²) in [6.07, 6.45) is 9.81. The Morgan fingerprint density at radius 2 is 2.16 bits per heavy atom. The molecule has 1 saturated heterocycles. The van der Waals surface area contributed by atoms with Crippen LogP contribution < -0.4 is 5.32 Å². The van der Waals surface area contributed by atoms with Crippen molar-refractivity contribution in [1.82, 2.24) is 15.2 Å². The van der Waals surface area contributed by atoms with Crippen molar-refractivity contribution in [2.45, 2.75) is 44.6 Å². The number of rotatable bonds is 5. The normalized spacial score (nSPS) is 23.5. The van der Waals surface area contributed by atoms with E-state index in [9.17, 15) is 0 Å². The number of pyridine rings is 1. The third-order valence-electron chi connectivity index (χ3n) is 4.45. The zero-order valence-corrected chi connectivity index (χ0v) is 11.8. The Balaban J connectivity index is 1.39. The van der Waals surface area contributed by atoms with Gasteiger partial charge in [-0.25, -0.2) is 0 Å². The molecule has 1 aliphatic heterocycles. The van der Waals surface area contributed by atoms with E-state index in [0.29, 0.717) is 6.04 Å². The molecule has 1 N–H and O–H groups in total. The molecule has 3 heteroatoms. The molecule has 0 radical (unpaired) electrons. The molecule has 2 aliphatic rings. The van der Waals surface area contributed by atoms with Crippen LogP contribution in [0.3, 0.4) is 0 Å². The molecule has 0 saturated carbocycles. The Morgan fingerprint density at radius 3 is 3.05 bits per heavy atom. The van der Waals surface area contributed by atoms with E-state index in [1.807, 2.05) is 6.20 Å². The first-order valence-corrected chi connectivity index (χ1v) is 7.83. The highest BCUT2D eigenvalue weighted by molar-refractivity contribution is 5.27. The van der Waals surface area contributed by atoms with Crippen LogP contribution >= 0.6 is 0 Å². The third kappa shape index (κ3) is 3.34. The van der Waals surface area contributed by atoms with Crippen LogP contribution in [0.4, 0.5) is 0 Å². The Kier molecular flexibility index (Phi) is 4.46. The highest BCUT2D eigenvalue weighted by Gasteiger charge is 2.22. The predicted octanol–water partition coefficient (Wildman–Crippen LogP) is 2.53. The van der Waals surface area contributed by atoms with Crippen LogP contribution in [0.15, 0.2) is 18.3 Å². The van der Waals surface area contributed by atoms with Crippen LogP contribution in [0, 0.1) is 0 Å². The van der Waals surface area contributed by atoms with E-state index >= 15 is 0 Å². The van der Waals surface area contributed by atoms with Gasteiger partial charge in [0.05, 0.1) is 11.7 Å². The summed E-state index contributed by atoms with van der Waals surface area (Å²) in [6.45, 7) is 5.01. The van der Waals surface area contributed by atoms with E-state index in [1.54, 1.807) is 0 Å². The molecule has 1 unspecified atom stereocenters. The van der Waals surface area contributed by atoms with Gasteiger partial charge in [0.2, 0.25) is 0 Å². The maximum Gasteiger partial charge on any atom is 0.0605 e. The lowest BCUT2D eigenvalue weighted by Gasteiger charge is -2.26. The lowest BCUT2D eigenvalue weighted by Crippen LogP contribution is -2.32. The van der Waals surface area contributed by atoms with Crippen molar-refractivity contribution < 1.29 is 0 Å². The zero-order valence-electron chi connectivity index (χ0n) is 11.8. The van der Waals surface area contributed by atoms with Gasteiger partial charge in [-0.3, -0.25) is 4.98 Å². The minimum absolute atomic E-state index is 0.498. The molecule has 3 nitrogen and oxygen atoms in total. The largest absolute Gasteiger partial charge is 0.309 e. The van der Waals surface area contributed by atoms with Gasteiger partial charge in [0.1, 0.15) is 0 Å².